The molecule has 6 heterocycles. The summed E-state index contributed by atoms with van der Waals surface area (Å²) >= 11 is 10.6. The first-order chi connectivity index (χ1) is 64.3. The molecular formula is C96H108N18O12S6. The number of nitrogens with one attached hydrogen (secondary N) is 6. The number of benzene rings is 9. The minimum atomic E-state index is 0.254. The zero-order valence-corrected chi connectivity index (χ0v) is 81.8. The van der Waals surface area contributed by atoms with Crippen LogP contribution in [-0.2, 0) is 14.2 Å². The maximum Gasteiger partial charge on any atom is 0.240 e. The van der Waals surface area contributed by atoms with Crippen LogP contribution in [0.5, 0.6) is 51.7 Å². The van der Waals surface area contributed by atoms with E-state index in [0.29, 0.717) is 147 Å². The van der Waals surface area contributed by atoms with Gasteiger partial charge in [-0.25, -0.2) is 0 Å². The van der Waals surface area contributed by atoms with E-state index in [0.717, 1.165) is 83.3 Å². The molecule has 0 amide bonds. The van der Waals surface area contributed by atoms with Gasteiger partial charge in [0.2, 0.25) is 53.5 Å². The van der Waals surface area contributed by atoms with Crippen molar-refractivity contribution in [2.45, 2.75) is 70.9 Å². The number of fused-ring (bicyclic) bond motifs is 3. The highest BCUT2D eigenvalue weighted by molar-refractivity contribution is 8.02. The number of thioether (sulfide) groups is 6. The van der Waals surface area contributed by atoms with E-state index in [9.17, 15) is 0 Å². The van der Waals surface area contributed by atoms with Crippen molar-refractivity contribution in [2.75, 3.05) is 172 Å². The Morgan fingerprint density at radius 1 is 0.242 bits per heavy atom. The van der Waals surface area contributed by atoms with Crippen LogP contribution in [0, 0.1) is 20.8 Å². The van der Waals surface area contributed by atoms with Crippen LogP contribution in [0.25, 0.3) is 50.2 Å². The van der Waals surface area contributed by atoms with E-state index in [2.05, 4.69) is 173 Å². The number of aryl methyl sites for hydroxylation is 3. The second kappa shape index (κ2) is 47.6. The van der Waals surface area contributed by atoms with Crippen LogP contribution in [0.1, 0.15) is 37.5 Å². The third kappa shape index (κ3) is 25.3. The summed E-state index contributed by atoms with van der Waals surface area (Å²) in [6.45, 7) is 16.0. The number of hydrogen-bond donors (Lipinski definition) is 6. The summed E-state index contributed by atoms with van der Waals surface area (Å²) in [5, 5.41) is 26.5. The normalized spacial score (nSPS) is 11.0. The minimum absolute atomic E-state index is 0.254. The highest BCUT2D eigenvalue weighted by Crippen LogP contribution is 2.41. The van der Waals surface area contributed by atoms with Crippen molar-refractivity contribution in [3.63, 3.8) is 0 Å². The monoisotopic (exact) mass is 1900 g/mol. The molecule has 9 aromatic carbocycles. The Labute approximate surface area is 794 Å². The summed E-state index contributed by atoms with van der Waals surface area (Å²) in [6, 6.07) is 47.2. The predicted octanol–water partition coefficient (Wildman–Crippen LogP) is 22.5. The van der Waals surface area contributed by atoms with Gasteiger partial charge in [-0.15, -0.1) is 70.6 Å². The van der Waals surface area contributed by atoms with Crippen LogP contribution < -0.4 is 74.5 Å². The van der Waals surface area contributed by atoms with Gasteiger partial charge in [0.05, 0.1) is 62.5 Å². The number of anilines is 12. The quantitative estimate of drug-likeness (QED) is 0.0153. The lowest BCUT2D eigenvalue weighted by Crippen LogP contribution is -2.11. The lowest BCUT2D eigenvalue weighted by atomic mass is 10.2. The summed E-state index contributed by atoms with van der Waals surface area (Å²) < 4.78 is 72.7. The molecule has 0 radical (unpaired) electrons. The molecule has 0 atom stereocenters. The zero-order chi connectivity index (χ0) is 93.2. The van der Waals surface area contributed by atoms with Gasteiger partial charge in [-0.05, 0) is 223 Å². The number of ether oxygens (including phenoxy) is 12. The Hall–Kier alpha value is -12.4. The standard InChI is InChI=1S/C36H48N6O9.C33H30N6S6.C27H30N6O3/c1-7-46-16-19-49-31-22-25(10-13-28(31)43-4)37-34-40-35(38-26-11-14-29(44-5)32(23-26)50-20-17-47-8-2)42-36(41-34)39-27-12-15-30(45-6)33(24-27)51-21-18-48-9-3;1-40-25-7-19-13-37(14-20(19)8-26(25)41-2)31-34-32(38-15-21-9-27(42-3)28(43-4)10-22(21)16-38)36-33(35-31)39-17-23-11-29(44-5)30(45-6)12-24(23)18-39;1-16-13-19(7-10-22(16)34-4)28-25-31-26(29-20-8-11-23(35-5)17(2)14-20)33-27(32-25)30-21-9-12-24(36-6)18(3)15-21/h10-15,22-24H,7-9,16-21H2,1-6H3,(H3,37,38,39,40,41,42);7-18H,1-6H3;7-15H,1-6H3,(H3,28,29,30,31,32,33). The molecule has 6 N–H and O–H groups in total. The highest BCUT2D eigenvalue weighted by atomic mass is 32.2. The van der Waals surface area contributed by atoms with Gasteiger partial charge in [0, 0.05) is 171 Å². The summed E-state index contributed by atoms with van der Waals surface area (Å²) in [4.78, 5) is 50.5. The second-order valence-corrected chi connectivity index (χ2v) is 34.0. The first-order valence-electron chi connectivity index (χ1n) is 42.0. The Kier molecular flexibility index (Phi) is 35.0. The third-order valence-electron chi connectivity index (χ3n) is 20.3. The lowest BCUT2D eigenvalue weighted by molar-refractivity contribution is 0.109. The van der Waals surface area contributed by atoms with Crippen molar-refractivity contribution < 1.29 is 56.8 Å². The van der Waals surface area contributed by atoms with Crippen molar-refractivity contribution in [3.8, 4) is 69.6 Å². The fraction of sp³-hybridized carbons (Fsp3) is 0.281. The average molecular weight is 1900 g/mol. The van der Waals surface area contributed by atoms with Gasteiger partial charge < -0.3 is 88.7 Å². The summed E-state index contributed by atoms with van der Waals surface area (Å²) in [5.41, 5.74) is 7.46. The van der Waals surface area contributed by atoms with Gasteiger partial charge in [-0.2, -0.15) is 44.9 Å². The molecule has 0 spiro atoms. The van der Waals surface area contributed by atoms with Crippen LogP contribution in [0.15, 0.2) is 212 Å². The van der Waals surface area contributed by atoms with Gasteiger partial charge in [-0.3, -0.25) is 13.7 Å². The van der Waals surface area contributed by atoms with Crippen molar-refractivity contribution in [1.82, 2.24) is 58.6 Å². The van der Waals surface area contributed by atoms with Crippen LogP contribution >= 0.6 is 70.6 Å². The minimum Gasteiger partial charge on any atom is -0.496 e. The summed E-state index contributed by atoms with van der Waals surface area (Å²) in [7, 11) is 9.71. The number of methoxy groups -OCH3 is 6. The van der Waals surface area contributed by atoms with E-state index >= 15 is 0 Å². The molecule has 15 aromatic rings. The molecule has 6 aromatic heterocycles. The molecule has 0 aliphatic carbocycles. The van der Waals surface area contributed by atoms with Gasteiger partial charge in [0.1, 0.15) is 37.1 Å². The van der Waals surface area contributed by atoms with Crippen molar-refractivity contribution in [3.05, 3.63) is 199 Å². The molecule has 0 saturated heterocycles. The van der Waals surface area contributed by atoms with Gasteiger partial charge in [0.25, 0.3) is 0 Å². The molecule has 132 heavy (non-hydrogen) atoms. The van der Waals surface area contributed by atoms with Crippen molar-refractivity contribution in [2.24, 2.45) is 0 Å². The number of aromatic nitrogens is 12. The fourth-order valence-electron chi connectivity index (χ4n) is 13.8. The molecule has 0 saturated carbocycles. The Balaban J connectivity index is 0.000000171. The van der Waals surface area contributed by atoms with E-state index in [1.807, 2.05) is 128 Å². The van der Waals surface area contributed by atoms with E-state index in [1.165, 1.54) is 29.4 Å². The average Bonchev–Trinajstić information content (AvgIpc) is 1.61. The predicted molar refractivity (Wildman–Crippen MR) is 539 cm³/mol. The molecule has 0 unspecified atom stereocenters. The molecule has 30 nitrogen and oxygen atoms in total. The molecule has 690 valence electrons. The van der Waals surface area contributed by atoms with E-state index in [4.69, 9.17) is 71.8 Å². The van der Waals surface area contributed by atoms with Crippen molar-refractivity contribution in [1.29, 1.82) is 0 Å². The Bertz CT molecular complexity index is 5690. The molecular weight excluding hydrogens is 1790 g/mol. The molecule has 36 heteroatoms. The Morgan fingerprint density at radius 2 is 0.439 bits per heavy atom. The molecule has 0 aliphatic rings. The van der Waals surface area contributed by atoms with Crippen LogP contribution in [0.3, 0.4) is 0 Å². The van der Waals surface area contributed by atoms with Crippen LogP contribution in [0.2, 0.25) is 0 Å². The van der Waals surface area contributed by atoms with Crippen molar-refractivity contribution >= 4 is 173 Å². The lowest BCUT2D eigenvalue weighted by Gasteiger charge is -2.16. The van der Waals surface area contributed by atoms with E-state index in [-0.39, 0.29) is 17.8 Å². The highest BCUT2D eigenvalue weighted by Gasteiger charge is 2.21. The van der Waals surface area contributed by atoms with E-state index < -0.39 is 0 Å². The van der Waals surface area contributed by atoms with Gasteiger partial charge in [0.15, 0.2) is 34.5 Å². The number of hydrogen-bond acceptors (Lipinski definition) is 33. The zero-order valence-electron chi connectivity index (χ0n) is 76.9. The van der Waals surface area contributed by atoms with Gasteiger partial charge in [-0.1, -0.05) is 0 Å². The summed E-state index contributed by atoms with van der Waals surface area (Å²) in [6.07, 6.45) is 25.4. The Morgan fingerprint density at radius 3 is 0.621 bits per heavy atom. The fourth-order valence-corrected chi connectivity index (χ4v) is 18.4. The molecule has 0 bridgehead atoms. The molecule has 15 rings (SSSR count). The number of rotatable bonds is 42. The maximum atomic E-state index is 5.93. The first kappa shape index (κ1) is 97.1. The topological polar surface area (TPSA) is 314 Å². The smallest absolute Gasteiger partial charge is 0.240 e. The van der Waals surface area contributed by atoms with E-state index in [1.54, 1.807) is 150 Å². The molecule has 0 aliphatic heterocycles. The second-order valence-electron chi connectivity index (χ2n) is 28.9. The maximum absolute atomic E-state index is 5.93. The largest absolute Gasteiger partial charge is 0.496 e. The summed E-state index contributed by atoms with van der Waals surface area (Å²) in [5.74, 6) is 9.42. The first-order valence-corrected chi connectivity index (χ1v) is 49.4. The van der Waals surface area contributed by atoms with Gasteiger partial charge >= 0.3 is 0 Å². The molecule has 0 fully saturated rings. The third-order valence-corrected chi connectivity index (χ3v) is 25.3. The SMILES string of the molecule is CCOCCOc1cc(Nc2nc(Nc3ccc(OC)c(OCCOCC)c3)nc(Nc3ccc(OC)c(OCCOCC)c3)n2)ccc1OC.COc1ccc(Nc2nc(Nc3ccc(OC)c(C)c3)nc(Nc3ccc(OC)c(C)c3)n2)cc1C.CSc1cc2cn(-c3nc(-n4cc5cc(SC)c(SC)cc5c4)nc(-n4cc5cc(SC)c(SC)cc5c4)n3)cc2cc1SC. The van der Waals surface area contributed by atoms with Crippen LogP contribution in [-0.4, -0.2) is 198 Å². The van der Waals surface area contributed by atoms with Crippen LogP contribution in [0.4, 0.5) is 69.8 Å². The number of nitrogens with zero attached hydrogens (tertiary/aromatic N) is 12.